The first-order valence-corrected chi connectivity index (χ1v) is 11.4. The van der Waals surface area contributed by atoms with E-state index in [-0.39, 0.29) is 0 Å². The standard InChI is InChI=1S/C19H28N2O5S/c1-27(24,25)21-10-2-5-16-14-17(6-7-18(16)21)26-13-3-4-15-8-11-20(12-9-15)19(22)23/h6-7,14-15H,2-5,8-13H2,1H3,(H,22,23). The van der Waals surface area contributed by atoms with E-state index >= 15 is 0 Å². The Balaban J connectivity index is 1.46. The van der Waals surface area contributed by atoms with E-state index in [2.05, 4.69) is 0 Å². The SMILES string of the molecule is CS(=O)(=O)N1CCCc2cc(OCCCC3CCN(C(=O)O)CC3)ccc21. The number of hydrogen-bond donors (Lipinski definition) is 1. The first-order chi connectivity index (χ1) is 12.8. The van der Waals surface area contributed by atoms with E-state index in [1.165, 1.54) is 15.5 Å². The van der Waals surface area contributed by atoms with E-state index in [4.69, 9.17) is 9.84 Å². The Labute approximate surface area is 161 Å². The van der Waals surface area contributed by atoms with E-state index in [1.54, 1.807) is 0 Å². The molecule has 7 nitrogen and oxygen atoms in total. The van der Waals surface area contributed by atoms with Crippen molar-refractivity contribution in [2.24, 2.45) is 5.92 Å². The number of rotatable bonds is 6. The topological polar surface area (TPSA) is 87.2 Å². The van der Waals surface area contributed by atoms with Gasteiger partial charge in [0.1, 0.15) is 5.75 Å². The van der Waals surface area contributed by atoms with Gasteiger partial charge in [-0.2, -0.15) is 0 Å². The van der Waals surface area contributed by atoms with Crippen LogP contribution >= 0.6 is 0 Å². The summed E-state index contributed by atoms with van der Waals surface area (Å²) in [7, 11) is -3.24. The molecule has 1 N–H and O–H groups in total. The van der Waals surface area contributed by atoms with Crippen LogP contribution < -0.4 is 9.04 Å². The van der Waals surface area contributed by atoms with Crippen molar-refractivity contribution in [2.45, 2.75) is 38.5 Å². The van der Waals surface area contributed by atoms with Gasteiger partial charge in [-0.05, 0) is 68.2 Å². The van der Waals surface area contributed by atoms with Crippen LogP contribution in [-0.2, 0) is 16.4 Å². The lowest BCUT2D eigenvalue weighted by molar-refractivity contribution is 0.121. The largest absolute Gasteiger partial charge is 0.494 e. The quantitative estimate of drug-likeness (QED) is 0.747. The van der Waals surface area contributed by atoms with Gasteiger partial charge in [-0.1, -0.05) is 0 Å². The molecule has 1 aromatic rings. The van der Waals surface area contributed by atoms with Crippen LogP contribution in [0.15, 0.2) is 18.2 Å². The molecule has 2 aliphatic rings. The van der Waals surface area contributed by atoms with Crippen LogP contribution in [0, 0.1) is 5.92 Å². The molecule has 1 fully saturated rings. The van der Waals surface area contributed by atoms with Gasteiger partial charge in [-0.25, -0.2) is 13.2 Å². The van der Waals surface area contributed by atoms with E-state index < -0.39 is 16.1 Å². The first kappa shape index (κ1) is 19.8. The monoisotopic (exact) mass is 396 g/mol. The van der Waals surface area contributed by atoms with Crippen LogP contribution in [-0.4, -0.2) is 57.0 Å². The molecule has 0 bridgehead atoms. The minimum Gasteiger partial charge on any atom is -0.494 e. The van der Waals surface area contributed by atoms with Crippen LogP contribution in [0.3, 0.4) is 0 Å². The van der Waals surface area contributed by atoms with Crippen LogP contribution in [0.5, 0.6) is 5.75 Å². The van der Waals surface area contributed by atoms with Crippen molar-refractivity contribution < 1.29 is 23.1 Å². The normalized spacial score (nSPS) is 18.3. The minimum absolute atomic E-state index is 0.534. The summed E-state index contributed by atoms with van der Waals surface area (Å²) in [6, 6.07) is 5.64. The van der Waals surface area contributed by atoms with Gasteiger partial charge in [0.25, 0.3) is 0 Å². The Bertz CT molecular complexity index is 772. The summed E-state index contributed by atoms with van der Waals surface area (Å²) in [6.45, 7) is 2.41. The lowest BCUT2D eigenvalue weighted by Gasteiger charge is -2.30. The van der Waals surface area contributed by atoms with Gasteiger partial charge in [0.05, 0.1) is 18.6 Å². The maximum absolute atomic E-state index is 11.9. The number of amides is 1. The molecule has 0 radical (unpaired) electrons. The molecule has 0 spiro atoms. The number of ether oxygens (including phenoxy) is 1. The number of hydrogen-bond acceptors (Lipinski definition) is 4. The molecule has 1 aromatic carbocycles. The number of carbonyl (C=O) groups is 1. The molecule has 0 aliphatic carbocycles. The lowest BCUT2D eigenvalue weighted by atomic mass is 9.92. The van der Waals surface area contributed by atoms with Crippen molar-refractivity contribution >= 4 is 21.8 Å². The average Bonchev–Trinajstić information content (AvgIpc) is 2.64. The maximum Gasteiger partial charge on any atom is 0.407 e. The number of nitrogens with zero attached hydrogens (tertiary/aromatic N) is 2. The number of benzene rings is 1. The Morgan fingerprint density at radius 2 is 2.00 bits per heavy atom. The van der Waals surface area contributed by atoms with Crippen LogP contribution in [0.1, 0.15) is 37.7 Å². The number of piperidine rings is 1. The zero-order valence-corrected chi connectivity index (χ0v) is 16.6. The molecule has 1 saturated heterocycles. The molecule has 2 aliphatic heterocycles. The molecule has 0 unspecified atom stereocenters. The first-order valence-electron chi connectivity index (χ1n) is 9.56. The van der Waals surface area contributed by atoms with Gasteiger partial charge in [0, 0.05) is 19.6 Å². The fourth-order valence-electron chi connectivity index (χ4n) is 3.95. The zero-order chi connectivity index (χ0) is 19.4. The van der Waals surface area contributed by atoms with E-state index in [9.17, 15) is 13.2 Å². The second kappa shape index (κ2) is 8.37. The Morgan fingerprint density at radius 3 is 2.67 bits per heavy atom. The van der Waals surface area contributed by atoms with Crippen LogP contribution in [0.2, 0.25) is 0 Å². The summed E-state index contributed by atoms with van der Waals surface area (Å²) in [5.41, 5.74) is 1.78. The summed E-state index contributed by atoms with van der Waals surface area (Å²) in [5.74, 6) is 1.35. The predicted molar refractivity (Wildman–Crippen MR) is 104 cm³/mol. The smallest absolute Gasteiger partial charge is 0.407 e. The fraction of sp³-hybridized carbons (Fsp3) is 0.632. The number of aryl methyl sites for hydroxylation is 1. The van der Waals surface area contributed by atoms with Crippen molar-refractivity contribution in [3.63, 3.8) is 0 Å². The summed E-state index contributed by atoms with van der Waals surface area (Å²) in [5, 5.41) is 8.98. The second-order valence-electron chi connectivity index (χ2n) is 7.43. The number of anilines is 1. The van der Waals surface area contributed by atoms with Crippen molar-refractivity contribution in [1.29, 1.82) is 0 Å². The van der Waals surface area contributed by atoms with E-state index in [1.807, 2.05) is 18.2 Å². The molecule has 1 amide bonds. The third-order valence-corrected chi connectivity index (χ3v) is 6.62. The average molecular weight is 397 g/mol. The fourth-order valence-corrected chi connectivity index (χ4v) is 4.94. The van der Waals surface area contributed by atoms with E-state index in [0.717, 1.165) is 55.5 Å². The highest BCUT2D eigenvalue weighted by atomic mass is 32.2. The Kier molecular flexibility index (Phi) is 6.14. The van der Waals surface area contributed by atoms with E-state index in [0.29, 0.717) is 32.2 Å². The van der Waals surface area contributed by atoms with Crippen molar-refractivity contribution in [1.82, 2.24) is 4.90 Å². The number of likely N-dealkylation sites (tertiary alicyclic amines) is 1. The van der Waals surface area contributed by atoms with Gasteiger partial charge in [-0.3, -0.25) is 4.31 Å². The molecule has 2 heterocycles. The van der Waals surface area contributed by atoms with Gasteiger partial charge in [-0.15, -0.1) is 0 Å². The summed E-state index contributed by atoms with van der Waals surface area (Å²) < 4.78 is 31.2. The highest BCUT2D eigenvalue weighted by molar-refractivity contribution is 7.92. The summed E-state index contributed by atoms with van der Waals surface area (Å²) >= 11 is 0. The Hall–Kier alpha value is -1.96. The molecule has 27 heavy (non-hydrogen) atoms. The third kappa shape index (κ3) is 5.06. The maximum atomic E-state index is 11.9. The molecule has 0 saturated carbocycles. The van der Waals surface area contributed by atoms with Crippen molar-refractivity contribution in [3.05, 3.63) is 23.8 Å². The van der Waals surface area contributed by atoms with Crippen LogP contribution in [0.25, 0.3) is 0 Å². The summed E-state index contributed by atoms with van der Waals surface area (Å²) in [6.07, 6.45) is 5.93. The van der Waals surface area contributed by atoms with Gasteiger partial charge >= 0.3 is 6.09 Å². The second-order valence-corrected chi connectivity index (χ2v) is 9.34. The molecule has 0 atom stereocenters. The van der Waals surface area contributed by atoms with Crippen LogP contribution in [0.4, 0.5) is 10.5 Å². The third-order valence-electron chi connectivity index (χ3n) is 5.44. The molecule has 150 valence electrons. The molecular formula is C19H28N2O5S. The number of fused-ring (bicyclic) bond motifs is 1. The number of carboxylic acid groups (broad SMARTS) is 1. The molecule has 3 rings (SSSR count). The van der Waals surface area contributed by atoms with Crippen molar-refractivity contribution in [3.8, 4) is 5.75 Å². The van der Waals surface area contributed by atoms with Gasteiger partial charge < -0.3 is 14.7 Å². The Morgan fingerprint density at radius 1 is 1.26 bits per heavy atom. The lowest BCUT2D eigenvalue weighted by Crippen LogP contribution is -2.37. The predicted octanol–water partition coefficient (Wildman–Crippen LogP) is 2.95. The highest BCUT2D eigenvalue weighted by Crippen LogP contribution is 2.32. The minimum atomic E-state index is -3.24. The van der Waals surface area contributed by atoms with Gasteiger partial charge in [0.15, 0.2) is 0 Å². The van der Waals surface area contributed by atoms with Crippen molar-refractivity contribution in [2.75, 3.05) is 36.8 Å². The zero-order valence-electron chi connectivity index (χ0n) is 15.8. The highest BCUT2D eigenvalue weighted by Gasteiger charge is 2.24. The van der Waals surface area contributed by atoms with Gasteiger partial charge in [0.2, 0.25) is 10.0 Å². The number of sulfonamides is 1. The summed E-state index contributed by atoms with van der Waals surface area (Å²) in [4.78, 5) is 12.4. The molecular weight excluding hydrogens is 368 g/mol. The molecule has 0 aromatic heterocycles. The molecule has 8 heteroatoms.